The molecule has 0 aromatic carbocycles. The lowest BCUT2D eigenvalue weighted by Crippen LogP contribution is -2.60. The number of rotatable bonds is 2. The minimum absolute atomic E-state index is 0.241. The number of piperidine rings is 1. The van der Waals surface area contributed by atoms with Crippen LogP contribution >= 0.6 is 0 Å². The Morgan fingerprint density at radius 2 is 2.06 bits per heavy atom. The zero-order valence-electron chi connectivity index (χ0n) is 11.8. The summed E-state index contributed by atoms with van der Waals surface area (Å²) in [5.74, 6) is 0. The summed E-state index contributed by atoms with van der Waals surface area (Å²) in [6.07, 6.45) is 4.20. The molecule has 0 radical (unpaired) electrons. The van der Waals surface area contributed by atoms with Crippen LogP contribution in [0.2, 0.25) is 0 Å². The van der Waals surface area contributed by atoms with Gasteiger partial charge in [-0.05, 0) is 33.2 Å². The van der Waals surface area contributed by atoms with E-state index in [0.717, 1.165) is 13.2 Å². The van der Waals surface area contributed by atoms with E-state index in [1.54, 1.807) is 0 Å². The van der Waals surface area contributed by atoms with Crippen molar-refractivity contribution in [3.05, 3.63) is 0 Å². The van der Waals surface area contributed by atoms with Crippen LogP contribution < -0.4 is 5.32 Å². The molecule has 2 fully saturated rings. The van der Waals surface area contributed by atoms with Crippen LogP contribution in [0.4, 0.5) is 0 Å². The Morgan fingerprint density at radius 1 is 1.29 bits per heavy atom. The highest BCUT2D eigenvalue weighted by atomic mass is 16.5. The summed E-state index contributed by atoms with van der Waals surface area (Å²) in [6, 6.07) is 1.19. The van der Waals surface area contributed by atoms with Crippen LogP contribution in [0.15, 0.2) is 0 Å². The van der Waals surface area contributed by atoms with E-state index in [9.17, 15) is 0 Å². The van der Waals surface area contributed by atoms with E-state index in [1.807, 2.05) is 0 Å². The predicted octanol–water partition coefficient (Wildman–Crippen LogP) is 2.22. The van der Waals surface area contributed by atoms with Crippen LogP contribution in [0.1, 0.15) is 47.0 Å². The van der Waals surface area contributed by atoms with Crippen molar-refractivity contribution in [1.82, 2.24) is 10.2 Å². The van der Waals surface area contributed by atoms with E-state index in [-0.39, 0.29) is 11.6 Å². The van der Waals surface area contributed by atoms with Gasteiger partial charge in [0.15, 0.2) is 0 Å². The van der Waals surface area contributed by atoms with Crippen molar-refractivity contribution in [2.45, 2.75) is 65.3 Å². The van der Waals surface area contributed by atoms with Gasteiger partial charge in [0, 0.05) is 24.0 Å². The Labute approximate surface area is 106 Å². The van der Waals surface area contributed by atoms with Gasteiger partial charge < -0.3 is 4.74 Å². The molecule has 0 spiro atoms. The average molecular weight is 240 g/mol. The molecule has 3 heteroatoms. The average Bonchev–Trinajstić information content (AvgIpc) is 2.29. The van der Waals surface area contributed by atoms with Gasteiger partial charge >= 0.3 is 0 Å². The fourth-order valence-corrected chi connectivity index (χ4v) is 3.00. The van der Waals surface area contributed by atoms with Crippen LogP contribution in [0.25, 0.3) is 0 Å². The second kappa shape index (κ2) is 5.25. The first-order chi connectivity index (χ1) is 7.99. The van der Waals surface area contributed by atoms with E-state index < -0.39 is 0 Å². The van der Waals surface area contributed by atoms with Crippen molar-refractivity contribution in [3.63, 3.8) is 0 Å². The lowest BCUT2D eigenvalue weighted by Gasteiger charge is -2.46. The monoisotopic (exact) mass is 240 g/mol. The van der Waals surface area contributed by atoms with Gasteiger partial charge in [0.2, 0.25) is 0 Å². The van der Waals surface area contributed by atoms with Gasteiger partial charge in [0.05, 0.1) is 6.61 Å². The highest BCUT2D eigenvalue weighted by Crippen LogP contribution is 2.27. The fourth-order valence-electron chi connectivity index (χ4n) is 3.00. The molecule has 2 atom stereocenters. The Hall–Kier alpha value is -0.120. The largest absolute Gasteiger partial charge is 0.361 e. The smallest absolute Gasteiger partial charge is 0.123 e. The zero-order valence-corrected chi connectivity index (χ0v) is 11.8. The van der Waals surface area contributed by atoms with Crippen LogP contribution in [0.3, 0.4) is 0 Å². The molecule has 2 unspecified atom stereocenters. The van der Waals surface area contributed by atoms with Crippen molar-refractivity contribution in [3.8, 4) is 0 Å². The van der Waals surface area contributed by atoms with Gasteiger partial charge in [-0.25, -0.2) is 0 Å². The van der Waals surface area contributed by atoms with Gasteiger partial charge in [-0.2, -0.15) is 0 Å². The molecule has 2 saturated heterocycles. The number of nitrogens with zero attached hydrogens (tertiary/aromatic N) is 1. The first-order valence-electron chi connectivity index (χ1n) is 7.10. The molecule has 0 aromatic rings. The molecule has 17 heavy (non-hydrogen) atoms. The minimum atomic E-state index is 0.241. The van der Waals surface area contributed by atoms with Crippen LogP contribution in [-0.2, 0) is 4.74 Å². The summed E-state index contributed by atoms with van der Waals surface area (Å²) in [4.78, 5) is 2.61. The van der Waals surface area contributed by atoms with E-state index in [2.05, 4.69) is 37.9 Å². The Bertz CT molecular complexity index is 243. The van der Waals surface area contributed by atoms with E-state index in [0.29, 0.717) is 12.1 Å². The number of nitrogens with one attached hydrogen (secondary N) is 1. The predicted molar refractivity (Wildman–Crippen MR) is 71.0 cm³/mol. The quantitative estimate of drug-likeness (QED) is 0.801. The SMILES string of the molecule is CC(C)N1CCCCC1C1NCC(C)(C)CO1. The van der Waals surface area contributed by atoms with Crippen molar-refractivity contribution in [1.29, 1.82) is 0 Å². The van der Waals surface area contributed by atoms with Crippen LogP contribution in [0.5, 0.6) is 0 Å². The van der Waals surface area contributed by atoms with E-state index in [4.69, 9.17) is 4.74 Å². The summed E-state index contributed by atoms with van der Waals surface area (Å²) in [6.45, 7) is 12.3. The summed E-state index contributed by atoms with van der Waals surface area (Å²) in [5, 5.41) is 3.60. The lowest BCUT2D eigenvalue weighted by molar-refractivity contribution is -0.108. The highest BCUT2D eigenvalue weighted by molar-refractivity contribution is 4.88. The molecule has 2 rings (SSSR count). The molecule has 1 N–H and O–H groups in total. The number of hydrogen-bond acceptors (Lipinski definition) is 3. The molecule has 2 aliphatic heterocycles. The highest BCUT2D eigenvalue weighted by Gasteiger charge is 2.36. The molecule has 100 valence electrons. The first-order valence-corrected chi connectivity index (χ1v) is 7.10. The van der Waals surface area contributed by atoms with Crippen molar-refractivity contribution in [2.75, 3.05) is 19.7 Å². The second-order valence-corrected chi connectivity index (χ2v) is 6.67. The number of likely N-dealkylation sites (tertiary alicyclic amines) is 1. The third-order valence-electron chi connectivity index (χ3n) is 4.04. The molecule has 0 amide bonds. The molecular weight excluding hydrogens is 212 g/mol. The Kier molecular flexibility index (Phi) is 4.11. The maximum absolute atomic E-state index is 6.06. The molecule has 2 aliphatic rings. The summed E-state index contributed by atoms with van der Waals surface area (Å²) in [7, 11) is 0. The maximum atomic E-state index is 6.06. The molecule has 3 nitrogen and oxygen atoms in total. The molecule has 0 bridgehead atoms. The van der Waals surface area contributed by atoms with Gasteiger partial charge in [-0.1, -0.05) is 20.3 Å². The number of hydrogen-bond donors (Lipinski definition) is 1. The lowest BCUT2D eigenvalue weighted by atomic mass is 9.91. The maximum Gasteiger partial charge on any atom is 0.123 e. The molecule has 2 heterocycles. The van der Waals surface area contributed by atoms with E-state index in [1.165, 1.54) is 25.8 Å². The topological polar surface area (TPSA) is 24.5 Å². The van der Waals surface area contributed by atoms with Crippen molar-refractivity contribution in [2.24, 2.45) is 5.41 Å². The van der Waals surface area contributed by atoms with E-state index >= 15 is 0 Å². The fraction of sp³-hybridized carbons (Fsp3) is 1.00. The zero-order chi connectivity index (χ0) is 12.5. The normalized spacial score (nSPS) is 35.1. The third kappa shape index (κ3) is 3.21. The molecule has 0 saturated carbocycles. The molecule has 0 aromatic heterocycles. The van der Waals surface area contributed by atoms with Gasteiger partial charge in [-0.3, -0.25) is 10.2 Å². The minimum Gasteiger partial charge on any atom is -0.361 e. The molecular formula is C14H28N2O. The molecule has 0 aliphatic carbocycles. The van der Waals surface area contributed by atoms with Crippen molar-refractivity contribution < 1.29 is 4.74 Å². The van der Waals surface area contributed by atoms with Gasteiger partial charge in [-0.15, -0.1) is 0 Å². The summed E-state index contributed by atoms with van der Waals surface area (Å²) in [5.41, 5.74) is 0.286. The Balaban J connectivity index is 1.96. The van der Waals surface area contributed by atoms with Gasteiger partial charge in [0.25, 0.3) is 0 Å². The Morgan fingerprint density at radius 3 is 2.65 bits per heavy atom. The first kappa shape index (κ1) is 13.3. The van der Waals surface area contributed by atoms with Gasteiger partial charge in [0.1, 0.15) is 6.23 Å². The second-order valence-electron chi connectivity index (χ2n) is 6.67. The number of ether oxygens (including phenoxy) is 1. The summed E-state index contributed by atoms with van der Waals surface area (Å²) < 4.78 is 6.06. The summed E-state index contributed by atoms with van der Waals surface area (Å²) >= 11 is 0. The van der Waals surface area contributed by atoms with Crippen LogP contribution in [-0.4, -0.2) is 42.9 Å². The van der Waals surface area contributed by atoms with Crippen molar-refractivity contribution >= 4 is 0 Å². The van der Waals surface area contributed by atoms with Crippen LogP contribution in [0, 0.1) is 5.41 Å². The third-order valence-corrected chi connectivity index (χ3v) is 4.04. The standard InChI is InChI=1S/C14H28N2O/c1-11(2)16-8-6-5-7-12(16)13-15-9-14(3,4)10-17-13/h11-13,15H,5-10H2,1-4H3.